The van der Waals surface area contributed by atoms with E-state index in [9.17, 15) is 0 Å². The first kappa shape index (κ1) is 15.1. The number of allylic oxidation sites excluding steroid dienone is 1. The van der Waals surface area contributed by atoms with E-state index in [4.69, 9.17) is 10.2 Å². The van der Waals surface area contributed by atoms with Crippen LogP contribution in [0.4, 0.5) is 5.69 Å². The van der Waals surface area contributed by atoms with E-state index in [2.05, 4.69) is 36.7 Å². The van der Waals surface area contributed by atoms with Crippen molar-refractivity contribution in [3.05, 3.63) is 48.3 Å². The second-order valence-corrected chi connectivity index (χ2v) is 5.82. The van der Waals surface area contributed by atoms with Crippen molar-refractivity contribution >= 4 is 11.3 Å². The maximum atomic E-state index is 9.16. The number of aryl methyl sites for hydroxylation is 2. The van der Waals surface area contributed by atoms with Crippen LogP contribution in [-0.2, 0) is 13.0 Å². The van der Waals surface area contributed by atoms with Crippen LogP contribution in [0.2, 0.25) is 0 Å². The zero-order valence-corrected chi connectivity index (χ0v) is 13.5. The molecule has 1 aromatic carbocycles. The minimum Gasteiger partial charge on any atom is -0.360 e. The van der Waals surface area contributed by atoms with Crippen molar-refractivity contribution in [2.45, 2.75) is 25.8 Å². The van der Waals surface area contributed by atoms with Crippen LogP contribution < -0.4 is 5.32 Å². The van der Waals surface area contributed by atoms with Crippen molar-refractivity contribution in [2.75, 3.05) is 5.32 Å². The third-order valence-electron chi connectivity index (χ3n) is 4.18. The Kier molecular flexibility index (Phi) is 3.96. The molecule has 8 nitrogen and oxygen atoms in total. The number of fused-ring (bicyclic) bond motifs is 1. The average molecular weight is 332 g/mol. The van der Waals surface area contributed by atoms with Gasteiger partial charge in [-0.2, -0.15) is 10.5 Å². The number of rotatable bonds is 4. The molecule has 0 saturated carbocycles. The number of nitriles is 1. The van der Waals surface area contributed by atoms with Crippen LogP contribution in [0.5, 0.6) is 0 Å². The molecule has 0 spiro atoms. The Morgan fingerprint density at radius 1 is 1.28 bits per heavy atom. The molecule has 8 heteroatoms. The summed E-state index contributed by atoms with van der Waals surface area (Å²) in [6.07, 6.45) is 7.18. The number of hydrogen-bond acceptors (Lipinski definition) is 6. The normalized spacial score (nSPS) is 14.0. The van der Waals surface area contributed by atoms with Crippen molar-refractivity contribution in [3.63, 3.8) is 0 Å². The molecule has 25 heavy (non-hydrogen) atoms. The fourth-order valence-electron chi connectivity index (χ4n) is 2.87. The van der Waals surface area contributed by atoms with Crippen LogP contribution >= 0.6 is 0 Å². The molecule has 0 unspecified atom stereocenters. The highest BCUT2D eigenvalue weighted by molar-refractivity contribution is 5.74. The molecule has 2 N–H and O–H groups in total. The molecule has 0 saturated heterocycles. The summed E-state index contributed by atoms with van der Waals surface area (Å²) in [4.78, 5) is 4.73. The Balaban J connectivity index is 1.50. The van der Waals surface area contributed by atoms with E-state index in [-0.39, 0.29) is 5.82 Å². The first-order valence-corrected chi connectivity index (χ1v) is 8.10. The van der Waals surface area contributed by atoms with Crippen molar-refractivity contribution in [3.8, 4) is 17.3 Å². The highest BCUT2D eigenvalue weighted by Gasteiger charge is 2.13. The minimum absolute atomic E-state index is 0.259. The van der Waals surface area contributed by atoms with Crippen LogP contribution in [0.3, 0.4) is 0 Å². The SMILES string of the molecule is N#CC(=CNc1ccc(-c2cn3c(n2)CCCC3)cc1)c1nn[nH]n1. The first-order chi connectivity index (χ1) is 12.3. The molecule has 1 aliphatic rings. The van der Waals surface area contributed by atoms with Gasteiger partial charge in [-0.1, -0.05) is 12.1 Å². The van der Waals surface area contributed by atoms with Crippen LogP contribution in [0.1, 0.15) is 24.5 Å². The maximum absolute atomic E-state index is 9.16. The quantitative estimate of drug-likeness (QED) is 0.710. The third kappa shape index (κ3) is 3.12. The topological polar surface area (TPSA) is 108 Å². The number of tetrazole rings is 1. The number of benzene rings is 1. The third-order valence-corrected chi connectivity index (χ3v) is 4.18. The number of anilines is 1. The van der Waals surface area contributed by atoms with Gasteiger partial charge in [0.2, 0.25) is 5.82 Å². The number of hydrogen-bond donors (Lipinski definition) is 2. The van der Waals surface area contributed by atoms with Crippen molar-refractivity contribution in [1.29, 1.82) is 5.26 Å². The summed E-state index contributed by atoms with van der Waals surface area (Å²) in [5.74, 6) is 1.43. The predicted octanol–water partition coefficient (Wildman–Crippen LogP) is 2.38. The minimum atomic E-state index is 0.259. The Morgan fingerprint density at radius 3 is 2.88 bits per heavy atom. The van der Waals surface area contributed by atoms with Gasteiger partial charge in [0.1, 0.15) is 17.5 Å². The van der Waals surface area contributed by atoms with Gasteiger partial charge < -0.3 is 9.88 Å². The molecule has 0 bridgehead atoms. The number of aromatic amines is 1. The van der Waals surface area contributed by atoms with E-state index in [1.54, 1.807) is 6.20 Å². The lowest BCUT2D eigenvalue weighted by Gasteiger charge is -2.11. The summed E-state index contributed by atoms with van der Waals surface area (Å²) >= 11 is 0. The number of nitrogens with one attached hydrogen (secondary N) is 2. The van der Waals surface area contributed by atoms with Crippen LogP contribution in [0.15, 0.2) is 36.7 Å². The van der Waals surface area contributed by atoms with Gasteiger partial charge in [0.15, 0.2) is 0 Å². The molecule has 0 atom stereocenters. The molecule has 0 fully saturated rings. The van der Waals surface area contributed by atoms with Crippen molar-refractivity contribution < 1.29 is 0 Å². The lowest BCUT2D eigenvalue weighted by molar-refractivity contribution is 0.522. The predicted molar refractivity (Wildman–Crippen MR) is 92.0 cm³/mol. The number of aromatic nitrogens is 6. The van der Waals surface area contributed by atoms with Gasteiger partial charge in [0, 0.05) is 36.6 Å². The van der Waals surface area contributed by atoms with Gasteiger partial charge in [-0.25, -0.2) is 4.98 Å². The summed E-state index contributed by atoms with van der Waals surface area (Å²) < 4.78 is 2.25. The van der Waals surface area contributed by atoms with Crippen molar-refractivity contribution in [1.82, 2.24) is 30.2 Å². The van der Waals surface area contributed by atoms with E-state index in [0.717, 1.165) is 29.9 Å². The number of H-pyrrole nitrogens is 1. The van der Waals surface area contributed by atoms with Crippen LogP contribution in [0, 0.1) is 11.3 Å². The smallest absolute Gasteiger partial charge is 0.216 e. The van der Waals surface area contributed by atoms with Gasteiger partial charge in [0.25, 0.3) is 0 Å². The summed E-state index contributed by atoms with van der Waals surface area (Å²) in [5, 5.41) is 25.6. The number of nitrogens with zero attached hydrogens (tertiary/aromatic N) is 6. The fourth-order valence-corrected chi connectivity index (χ4v) is 2.87. The Morgan fingerprint density at radius 2 is 2.16 bits per heavy atom. The second kappa shape index (κ2) is 6.57. The van der Waals surface area contributed by atoms with E-state index in [1.807, 2.05) is 30.3 Å². The standard InChI is InChI=1S/C17H16N8/c18-9-13(17-21-23-24-22-17)10-19-14-6-4-12(5-7-14)15-11-25-8-2-1-3-16(25)20-15/h4-7,10-11,19H,1-3,8H2,(H,21,22,23,24). The van der Waals surface area contributed by atoms with E-state index in [0.29, 0.717) is 5.57 Å². The van der Waals surface area contributed by atoms with Crippen LogP contribution in [-0.4, -0.2) is 30.2 Å². The molecule has 3 aromatic rings. The Labute approximate surface area is 144 Å². The molecule has 2 aromatic heterocycles. The molecule has 4 rings (SSSR count). The molecule has 0 amide bonds. The molecule has 0 aliphatic carbocycles. The summed E-state index contributed by atoms with van der Waals surface area (Å²) in [6, 6.07) is 9.99. The zero-order valence-electron chi connectivity index (χ0n) is 13.5. The lowest BCUT2D eigenvalue weighted by Crippen LogP contribution is -2.08. The first-order valence-electron chi connectivity index (χ1n) is 8.10. The largest absolute Gasteiger partial charge is 0.360 e. The van der Waals surface area contributed by atoms with Gasteiger partial charge >= 0.3 is 0 Å². The van der Waals surface area contributed by atoms with Crippen molar-refractivity contribution in [2.24, 2.45) is 0 Å². The van der Waals surface area contributed by atoms with E-state index in [1.165, 1.54) is 18.7 Å². The molecule has 1 aliphatic heterocycles. The van der Waals surface area contributed by atoms with E-state index >= 15 is 0 Å². The van der Waals surface area contributed by atoms with E-state index < -0.39 is 0 Å². The summed E-state index contributed by atoms with van der Waals surface area (Å²) in [6.45, 7) is 1.06. The van der Waals surface area contributed by atoms with Gasteiger partial charge in [-0.3, -0.25) is 0 Å². The maximum Gasteiger partial charge on any atom is 0.216 e. The number of imidazole rings is 1. The average Bonchev–Trinajstić information content (AvgIpc) is 3.32. The summed E-state index contributed by atoms with van der Waals surface area (Å²) in [5.41, 5.74) is 3.25. The monoisotopic (exact) mass is 332 g/mol. The highest BCUT2D eigenvalue weighted by atomic mass is 15.5. The zero-order chi connectivity index (χ0) is 17.1. The Bertz CT molecular complexity index is 905. The molecule has 0 radical (unpaired) electrons. The fraction of sp³-hybridized carbons (Fsp3) is 0.235. The Hall–Kier alpha value is -3.47. The molecular weight excluding hydrogens is 316 g/mol. The molecular formula is C17H16N8. The van der Waals surface area contributed by atoms with Gasteiger partial charge in [0.05, 0.1) is 5.69 Å². The van der Waals surface area contributed by atoms with Gasteiger partial charge in [-0.05, 0) is 30.2 Å². The van der Waals surface area contributed by atoms with Crippen LogP contribution in [0.25, 0.3) is 16.8 Å². The highest BCUT2D eigenvalue weighted by Crippen LogP contribution is 2.24. The summed E-state index contributed by atoms with van der Waals surface area (Å²) in [7, 11) is 0. The second-order valence-electron chi connectivity index (χ2n) is 5.82. The molecule has 3 heterocycles. The lowest BCUT2D eigenvalue weighted by atomic mass is 10.1. The molecule has 124 valence electrons. The van der Waals surface area contributed by atoms with Gasteiger partial charge in [-0.15, -0.1) is 10.2 Å².